The molecule has 5 aliphatic rings. The number of hydrazine groups is 1. The molecule has 5 fully saturated rings. The van der Waals surface area contributed by atoms with Gasteiger partial charge in [-0.25, -0.2) is 0 Å². The Balaban J connectivity index is 1.17. The number of thioether (sulfide) groups is 1. The Hall–Kier alpha value is -2.76. The lowest BCUT2D eigenvalue weighted by Gasteiger charge is -2.55. The molecular weight excluding hydrogens is 602 g/mol. The number of benzene rings is 2. The smallest absolute Gasteiger partial charge is 0.285 e. The summed E-state index contributed by atoms with van der Waals surface area (Å²) in [5.41, 5.74) is 3.96. The highest BCUT2D eigenvalue weighted by Gasteiger charge is 2.55. The summed E-state index contributed by atoms with van der Waals surface area (Å²) in [5, 5.41) is 12.1. The quantitative estimate of drug-likeness (QED) is 0.164. The lowest BCUT2D eigenvalue weighted by molar-refractivity contribution is -0.384. The Morgan fingerprint density at radius 3 is 2.41 bits per heavy atom. The molecule has 1 saturated heterocycles. The monoisotopic (exact) mass is 627 g/mol. The van der Waals surface area contributed by atoms with E-state index in [4.69, 9.17) is 17.0 Å². The first-order valence-corrected chi connectivity index (χ1v) is 15.0. The number of carbonyl (C=O) groups is 2. The Bertz CT molecular complexity index is 1380. The van der Waals surface area contributed by atoms with Crippen LogP contribution in [0.15, 0.2) is 51.8 Å². The molecule has 2 aromatic carbocycles. The molecule has 11 heteroatoms. The molecule has 0 aromatic heterocycles. The minimum absolute atomic E-state index is 0.0143. The Morgan fingerprint density at radius 2 is 1.79 bits per heavy atom. The largest absolute Gasteiger partial charge is 0.488 e. The standard InChI is InChI=1S/C28H26BrN3O5S2/c29-21-3-6-23(37-15-16-1-4-22(5-2-16)32(35)36)20(10-21)11-24-25(33)31(27(38)39-24)30-26(34)28-12-17-7-18(13-28)9-19(8-17)14-28/h1-6,10-11,17-19H,7-9,12-15H2,(H,30,34)/b24-11-. The summed E-state index contributed by atoms with van der Waals surface area (Å²) < 4.78 is 7.11. The molecule has 202 valence electrons. The highest BCUT2D eigenvalue weighted by atomic mass is 79.9. The van der Waals surface area contributed by atoms with Gasteiger partial charge in [0.05, 0.1) is 15.2 Å². The topological polar surface area (TPSA) is 102 Å². The first kappa shape index (κ1) is 26.5. The third kappa shape index (κ3) is 5.24. The molecule has 2 amide bonds. The molecule has 0 atom stereocenters. The van der Waals surface area contributed by atoms with E-state index in [0.29, 0.717) is 38.3 Å². The molecule has 1 heterocycles. The van der Waals surface area contributed by atoms with Crippen molar-refractivity contribution in [3.63, 3.8) is 0 Å². The zero-order valence-electron chi connectivity index (χ0n) is 20.9. The van der Waals surface area contributed by atoms with Crippen LogP contribution in [0.25, 0.3) is 6.08 Å². The van der Waals surface area contributed by atoms with Gasteiger partial charge in [-0.1, -0.05) is 27.7 Å². The number of ether oxygens (including phenoxy) is 1. The minimum atomic E-state index is -0.445. The maximum absolute atomic E-state index is 13.5. The number of rotatable bonds is 7. The number of thiocarbonyl (C=S) groups is 1. The molecule has 1 N–H and O–H groups in total. The van der Waals surface area contributed by atoms with Crippen molar-refractivity contribution < 1.29 is 19.2 Å². The van der Waals surface area contributed by atoms with Gasteiger partial charge < -0.3 is 4.74 Å². The van der Waals surface area contributed by atoms with Gasteiger partial charge >= 0.3 is 0 Å². The first-order valence-electron chi connectivity index (χ1n) is 12.9. The molecule has 4 saturated carbocycles. The van der Waals surface area contributed by atoms with Gasteiger partial charge in [0.2, 0.25) is 5.91 Å². The van der Waals surface area contributed by atoms with E-state index in [1.807, 2.05) is 12.1 Å². The molecule has 8 nitrogen and oxygen atoms in total. The van der Waals surface area contributed by atoms with E-state index < -0.39 is 4.92 Å². The van der Waals surface area contributed by atoms with Crippen molar-refractivity contribution in [2.45, 2.75) is 45.1 Å². The highest BCUT2D eigenvalue weighted by Crippen LogP contribution is 2.60. The molecular formula is C28H26BrN3O5S2. The zero-order chi connectivity index (χ0) is 27.3. The Morgan fingerprint density at radius 1 is 1.15 bits per heavy atom. The van der Waals surface area contributed by atoms with Crippen molar-refractivity contribution in [2.75, 3.05) is 0 Å². The van der Waals surface area contributed by atoms with Crippen LogP contribution >= 0.6 is 39.9 Å². The van der Waals surface area contributed by atoms with Gasteiger partial charge in [0.15, 0.2) is 4.32 Å². The van der Waals surface area contributed by atoms with E-state index in [1.165, 1.54) is 36.4 Å². The van der Waals surface area contributed by atoms with Crippen LogP contribution in [0.5, 0.6) is 5.75 Å². The Labute approximate surface area is 243 Å². The number of hydrogen-bond acceptors (Lipinski definition) is 7. The van der Waals surface area contributed by atoms with Crippen molar-refractivity contribution in [3.8, 4) is 5.75 Å². The number of nitro benzene ring substituents is 1. The predicted molar refractivity (Wildman–Crippen MR) is 155 cm³/mol. The van der Waals surface area contributed by atoms with Crippen molar-refractivity contribution in [1.29, 1.82) is 0 Å². The summed E-state index contributed by atoms with van der Waals surface area (Å²) in [6, 6.07) is 11.6. The number of nitro groups is 1. The van der Waals surface area contributed by atoms with Gasteiger partial charge in [0.25, 0.3) is 11.6 Å². The fraction of sp³-hybridized carbons (Fsp3) is 0.393. The van der Waals surface area contributed by atoms with Gasteiger partial charge in [0.1, 0.15) is 12.4 Å². The van der Waals surface area contributed by atoms with E-state index in [1.54, 1.807) is 24.3 Å². The van der Waals surface area contributed by atoms with Gasteiger partial charge in [0, 0.05) is 22.2 Å². The average molecular weight is 629 g/mol. The van der Waals surface area contributed by atoms with E-state index in [-0.39, 0.29) is 29.5 Å². The summed E-state index contributed by atoms with van der Waals surface area (Å²) in [5.74, 6) is 1.97. The van der Waals surface area contributed by atoms with Gasteiger partial charge in [-0.3, -0.25) is 25.1 Å². The number of carbonyl (C=O) groups excluding carboxylic acids is 2. The summed E-state index contributed by atoms with van der Waals surface area (Å²) in [7, 11) is 0. The van der Waals surface area contributed by atoms with Crippen molar-refractivity contribution in [3.05, 3.63) is 73.1 Å². The number of nitrogens with one attached hydrogen (secondary N) is 1. The third-order valence-corrected chi connectivity index (χ3v) is 10.1. The fourth-order valence-electron chi connectivity index (χ4n) is 6.95. The minimum Gasteiger partial charge on any atom is -0.488 e. The number of non-ortho nitro benzene ring substituents is 1. The van der Waals surface area contributed by atoms with Crippen LogP contribution in [0.3, 0.4) is 0 Å². The highest BCUT2D eigenvalue weighted by molar-refractivity contribution is 9.10. The molecule has 39 heavy (non-hydrogen) atoms. The number of nitrogens with zero attached hydrogens (tertiary/aromatic N) is 2. The molecule has 4 aliphatic carbocycles. The van der Waals surface area contributed by atoms with Crippen LogP contribution in [-0.4, -0.2) is 26.1 Å². The molecule has 1 aliphatic heterocycles. The lowest BCUT2D eigenvalue weighted by Crippen LogP contribution is -2.57. The van der Waals surface area contributed by atoms with E-state index in [2.05, 4.69) is 21.4 Å². The van der Waals surface area contributed by atoms with E-state index in [9.17, 15) is 19.7 Å². The number of amides is 2. The van der Waals surface area contributed by atoms with Crippen LogP contribution < -0.4 is 10.2 Å². The van der Waals surface area contributed by atoms with Gasteiger partial charge in [-0.15, -0.1) is 0 Å². The normalized spacial score (nSPS) is 28.3. The second kappa shape index (κ2) is 10.3. The molecule has 0 spiro atoms. The van der Waals surface area contributed by atoms with Crippen LogP contribution in [0.4, 0.5) is 5.69 Å². The van der Waals surface area contributed by atoms with Crippen LogP contribution in [0.2, 0.25) is 0 Å². The van der Waals surface area contributed by atoms with Crippen molar-refractivity contribution >= 4 is 67.8 Å². The first-order chi connectivity index (χ1) is 18.7. The lowest BCUT2D eigenvalue weighted by atomic mass is 9.49. The molecule has 7 rings (SSSR count). The average Bonchev–Trinajstić information content (AvgIpc) is 3.15. The molecule has 0 unspecified atom stereocenters. The van der Waals surface area contributed by atoms with Crippen LogP contribution in [0.1, 0.15) is 49.7 Å². The van der Waals surface area contributed by atoms with E-state index >= 15 is 0 Å². The van der Waals surface area contributed by atoms with Crippen LogP contribution in [0, 0.1) is 33.3 Å². The molecule has 4 bridgehead atoms. The maximum atomic E-state index is 13.5. The van der Waals surface area contributed by atoms with Crippen molar-refractivity contribution in [2.24, 2.45) is 23.2 Å². The van der Waals surface area contributed by atoms with E-state index in [0.717, 1.165) is 41.1 Å². The summed E-state index contributed by atoms with van der Waals surface area (Å²) in [6.07, 6.45) is 8.13. The molecule has 0 radical (unpaired) electrons. The molecule has 2 aromatic rings. The Kier molecular flexibility index (Phi) is 7.01. The summed E-state index contributed by atoms with van der Waals surface area (Å²) in [6.45, 7) is 0.197. The maximum Gasteiger partial charge on any atom is 0.285 e. The second-order valence-electron chi connectivity index (χ2n) is 11.1. The van der Waals surface area contributed by atoms with Crippen molar-refractivity contribution in [1.82, 2.24) is 10.4 Å². The fourth-order valence-corrected chi connectivity index (χ4v) is 8.50. The van der Waals surface area contributed by atoms with Gasteiger partial charge in [-0.2, -0.15) is 5.01 Å². The predicted octanol–water partition coefficient (Wildman–Crippen LogP) is 6.39. The third-order valence-electron chi connectivity index (χ3n) is 8.33. The van der Waals surface area contributed by atoms with Crippen LogP contribution in [-0.2, 0) is 16.2 Å². The number of halogens is 1. The number of hydrogen-bond donors (Lipinski definition) is 1. The SMILES string of the molecule is O=C1/C(=C/c2cc(Br)ccc2OCc2ccc([N+](=O)[O-])cc2)SC(=S)N1NC(=O)C12CC3CC(CC(C3)C1)C2. The second-order valence-corrected chi connectivity index (χ2v) is 13.6. The van der Waals surface area contributed by atoms with Gasteiger partial charge in [-0.05, 0) is 110 Å². The summed E-state index contributed by atoms with van der Waals surface area (Å²) in [4.78, 5) is 37.8. The summed E-state index contributed by atoms with van der Waals surface area (Å²) >= 11 is 10.1. The zero-order valence-corrected chi connectivity index (χ0v) is 24.1.